The number of hydrogen-bond donors (Lipinski definition) is 2. The molecule has 0 aliphatic heterocycles. The molecule has 0 radical (unpaired) electrons. The van der Waals surface area contributed by atoms with Crippen LogP contribution in [0.25, 0.3) is 0 Å². The van der Waals surface area contributed by atoms with Crippen molar-refractivity contribution in [2.45, 2.75) is 40.0 Å². The number of nitrogens with zero attached hydrogens (tertiary/aromatic N) is 1. The molecule has 2 N–H and O–H groups in total. The van der Waals surface area contributed by atoms with E-state index in [0.29, 0.717) is 18.5 Å². The predicted molar refractivity (Wildman–Crippen MR) is 76.6 cm³/mol. The average molecular weight is 278 g/mol. The van der Waals surface area contributed by atoms with Gasteiger partial charge in [0.1, 0.15) is 0 Å². The van der Waals surface area contributed by atoms with Crippen LogP contribution in [0.5, 0.6) is 0 Å². The van der Waals surface area contributed by atoms with Crippen molar-refractivity contribution in [3.8, 4) is 0 Å². The summed E-state index contributed by atoms with van der Waals surface area (Å²) in [4.78, 5) is 26.5. The highest BCUT2D eigenvalue weighted by molar-refractivity contribution is 5.93. The molecule has 20 heavy (non-hydrogen) atoms. The number of amides is 1. The summed E-state index contributed by atoms with van der Waals surface area (Å²) in [5, 5.41) is 11.5. The van der Waals surface area contributed by atoms with Crippen LogP contribution in [0, 0.1) is 12.3 Å². The average Bonchev–Trinajstić information content (AvgIpc) is 2.37. The highest BCUT2D eigenvalue weighted by atomic mass is 16.4. The van der Waals surface area contributed by atoms with Gasteiger partial charge in [0.05, 0.1) is 5.56 Å². The third kappa shape index (κ3) is 5.82. The molecule has 0 bridgehead atoms. The summed E-state index contributed by atoms with van der Waals surface area (Å²) in [6.45, 7) is 6.41. The highest BCUT2D eigenvalue weighted by Crippen LogP contribution is 2.26. The van der Waals surface area contributed by atoms with Crippen LogP contribution in [-0.2, 0) is 4.79 Å². The lowest BCUT2D eigenvalue weighted by Crippen LogP contribution is -2.28. The number of aliphatic carboxylic acids is 1. The van der Waals surface area contributed by atoms with Crippen molar-refractivity contribution >= 4 is 11.9 Å². The first kappa shape index (κ1) is 16.1. The van der Waals surface area contributed by atoms with Crippen LogP contribution in [0.4, 0.5) is 0 Å². The zero-order valence-electron chi connectivity index (χ0n) is 12.3. The SMILES string of the molecule is Cc1ccc(C(=O)NCCC(C)(C)CCC(=O)O)cn1. The van der Waals surface area contributed by atoms with E-state index < -0.39 is 5.97 Å². The topological polar surface area (TPSA) is 79.3 Å². The molecule has 1 aromatic heterocycles. The lowest BCUT2D eigenvalue weighted by molar-refractivity contribution is -0.137. The number of carbonyl (C=O) groups excluding carboxylic acids is 1. The Morgan fingerprint density at radius 1 is 1.30 bits per heavy atom. The molecule has 1 heterocycles. The maximum atomic E-state index is 11.9. The fraction of sp³-hybridized carbons (Fsp3) is 0.533. The first-order valence-corrected chi connectivity index (χ1v) is 6.73. The molecular weight excluding hydrogens is 256 g/mol. The third-order valence-corrected chi connectivity index (χ3v) is 3.28. The van der Waals surface area contributed by atoms with Gasteiger partial charge in [-0.15, -0.1) is 0 Å². The van der Waals surface area contributed by atoms with Crippen LogP contribution in [0.2, 0.25) is 0 Å². The lowest BCUT2D eigenvalue weighted by Gasteiger charge is -2.23. The minimum Gasteiger partial charge on any atom is -0.481 e. The summed E-state index contributed by atoms with van der Waals surface area (Å²) in [7, 11) is 0. The molecule has 0 aromatic carbocycles. The number of aromatic nitrogens is 1. The molecule has 5 nitrogen and oxygen atoms in total. The van der Waals surface area contributed by atoms with Crippen LogP contribution in [-0.4, -0.2) is 28.5 Å². The van der Waals surface area contributed by atoms with E-state index in [-0.39, 0.29) is 17.7 Å². The van der Waals surface area contributed by atoms with Crippen LogP contribution >= 0.6 is 0 Å². The van der Waals surface area contributed by atoms with Gasteiger partial charge in [-0.05, 0) is 37.3 Å². The number of carboxylic acids is 1. The van der Waals surface area contributed by atoms with Crippen molar-refractivity contribution in [3.05, 3.63) is 29.6 Å². The number of rotatable bonds is 7. The van der Waals surface area contributed by atoms with E-state index in [1.807, 2.05) is 20.8 Å². The Balaban J connectivity index is 2.38. The van der Waals surface area contributed by atoms with E-state index in [1.54, 1.807) is 18.3 Å². The maximum absolute atomic E-state index is 11.9. The van der Waals surface area contributed by atoms with E-state index in [0.717, 1.165) is 12.1 Å². The second-order valence-corrected chi connectivity index (χ2v) is 5.75. The van der Waals surface area contributed by atoms with Crippen LogP contribution in [0.3, 0.4) is 0 Å². The molecule has 110 valence electrons. The Hall–Kier alpha value is -1.91. The van der Waals surface area contributed by atoms with Crippen molar-refractivity contribution in [3.63, 3.8) is 0 Å². The molecule has 1 rings (SSSR count). The van der Waals surface area contributed by atoms with Gasteiger partial charge in [0.15, 0.2) is 0 Å². The van der Waals surface area contributed by atoms with Crippen molar-refractivity contribution in [1.82, 2.24) is 10.3 Å². The molecule has 1 aromatic rings. The molecule has 0 spiro atoms. The zero-order valence-corrected chi connectivity index (χ0v) is 12.3. The molecule has 0 aliphatic carbocycles. The van der Waals surface area contributed by atoms with E-state index >= 15 is 0 Å². The number of aryl methyl sites for hydroxylation is 1. The van der Waals surface area contributed by atoms with Crippen LogP contribution in [0.1, 0.15) is 49.2 Å². The molecule has 5 heteroatoms. The van der Waals surface area contributed by atoms with Gasteiger partial charge in [0.2, 0.25) is 0 Å². The molecule has 0 saturated carbocycles. The van der Waals surface area contributed by atoms with Gasteiger partial charge in [-0.25, -0.2) is 0 Å². The minimum absolute atomic E-state index is 0.100. The first-order chi connectivity index (χ1) is 9.30. The van der Waals surface area contributed by atoms with Crippen molar-refractivity contribution < 1.29 is 14.7 Å². The van der Waals surface area contributed by atoms with Gasteiger partial charge in [0.25, 0.3) is 5.91 Å². The molecule has 0 fully saturated rings. The first-order valence-electron chi connectivity index (χ1n) is 6.73. The zero-order chi connectivity index (χ0) is 15.2. The number of nitrogens with one attached hydrogen (secondary N) is 1. The normalized spacial score (nSPS) is 11.2. The van der Waals surface area contributed by atoms with Gasteiger partial charge < -0.3 is 10.4 Å². The van der Waals surface area contributed by atoms with Crippen LogP contribution in [0.15, 0.2) is 18.3 Å². The number of carbonyl (C=O) groups is 2. The monoisotopic (exact) mass is 278 g/mol. The highest BCUT2D eigenvalue weighted by Gasteiger charge is 2.19. The Labute approximate surface area is 119 Å². The van der Waals surface area contributed by atoms with E-state index in [4.69, 9.17) is 5.11 Å². The van der Waals surface area contributed by atoms with E-state index in [2.05, 4.69) is 10.3 Å². The molecule has 1 amide bonds. The van der Waals surface area contributed by atoms with Gasteiger partial charge in [0, 0.05) is 24.9 Å². The fourth-order valence-corrected chi connectivity index (χ4v) is 1.79. The number of carboxylic acid groups (broad SMARTS) is 1. The second kappa shape index (κ2) is 7.03. The summed E-state index contributed by atoms with van der Waals surface area (Å²) in [5.41, 5.74) is 1.31. The van der Waals surface area contributed by atoms with Gasteiger partial charge in [-0.1, -0.05) is 13.8 Å². The lowest BCUT2D eigenvalue weighted by atomic mass is 9.84. The van der Waals surface area contributed by atoms with Gasteiger partial charge in [-0.3, -0.25) is 14.6 Å². The summed E-state index contributed by atoms with van der Waals surface area (Å²) in [6.07, 6.45) is 3.05. The number of pyridine rings is 1. The molecular formula is C15H22N2O3. The van der Waals surface area contributed by atoms with Crippen molar-refractivity contribution in [2.75, 3.05) is 6.54 Å². The van der Waals surface area contributed by atoms with Gasteiger partial charge in [-0.2, -0.15) is 0 Å². The minimum atomic E-state index is -0.784. The standard InChI is InChI=1S/C15H22N2O3/c1-11-4-5-12(10-17-11)14(20)16-9-8-15(2,3)7-6-13(18)19/h4-5,10H,6-9H2,1-3H3,(H,16,20)(H,18,19). The summed E-state index contributed by atoms with van der Waals surface area (Å²) in [5.74, 6) is -0.931. The molecule has 0 saturated heterocycles. The van der Waals surface area contributed by atoms with E-state index in [1.165, 1.54) is 0 Å². The Bertz CT molecular complexity index is 467. The third-order valence-electron chi connectivity index (χ3n) is 3.28. The Morgan fingerprint density at radius 3 is 2.55 bits per heavy atom. The Morgan fingerprint density at radius 2 is 2.00 bits per heavy atom. The maximum Gasteiger partial charge on any atom is 0.303 e. The van der Waals surface area contributed by atoms with Crippen molar-refractivity contribution in [2.24, 2.45) is 5.41 Å². The summed E-state index contributed by atoms with van der Waals surface area (Å²) in [6, 6.07) is 3.54. The smallest absolute Gasteiger partial charge is 0.303 e. The van der Waals surface area contributed by atoms with Crippen LogP contribution < -0.4 is 5.32 Å². The fourth-order valence-electron chi connectivity index (χ4n) is 1.79. The second-order valence-electron chi connectivity index (χ2n) is 5.75. The van der Waals surface area contributed by atoms with Gasteiger partial charge >= 0.3 is 5.97 Å². The molecule has 0 unspecified atom stereocenters. The number of hydrogen-bond acceptors (Lipinski definition) is 3. The molecule has 0 atom stereocenters. The Kier molecular flexibility index (Phi) is 5.67. The quantitative estimate of drug-likeness (QED) is 0.802. The predicted octanol–water partition coefficient (Wildman–Crippen LogP) is 2.40. The van der Waals surface area contributed by atoms with Crippen molar-refractivity contribution in [1.29, 1.82) is 0 Å². The van der Waals surface area contributed by atoms with E-state index in [9.17, 15) is 9.59 Å². The molecule has 0 aliphatic rings. The summed E-state index contributed by atoms with van der Waals surface area (Å²) >= 11 is 0. The summed E-state index contributed by atoms with van der Waals surface area (Å²) < 4.78 is 0. The largest absolute Gasteiger partial charge is 0.481 e.